The molecule has 0 unspecified atom stereocenters. The lowest BCUT2D eigenvalue weighted by atomic mass is 10.2. The van der Waals surface area contributed by atoms with Gasteiger partial charge < -0.3 is 19.8 Å². The molecule has 1 atom stereocenters. The Balaban J connectivity index is 1.93. The molecule has 0 radical (unpaired) electrons. The number of rotatable bonds is 3. The van der Waals surface area contributed by atoms with Gasteiger partial charge in [0.1, 0.15) is 11.5 Å². The van der Waals surface area contributed by atoms with Gasteiger partial charge in [-0.25, -0.2) is 0 Å². The van der Waals surface area contributed by atoms with Gasteiger partial charge in [-0.15, -0.1) is 0 Å². The van der Waals surface area contributed by atoms with Crippen LogP contribution in [0.3, 0.4) is 0 Å². The molecule has 1 aliphatic rings. The second kappa shape index (κ2) is 5.14. The van der Waals surface area contributed by atoms with Gasteiger partial charge in [-0.1, -0.05) is 0 Å². The number of carbonyl (C=O) groups is 1. The highest BCUT2D eigenvalue weighted by atomic mass is 16.5. The van der Waals surface area contributed by atoms with Crippen LogP contribution in [0.25, 0.3) is 0 Å². The predicted octanol–water partition coefficient (Wildman–Crippen LogP) is 0.577. The lowest BCUT2D eigenvalue weighted by molar-refractivity contribution is -0.119. The van der Waals surface area contributed by atoms with Crippen LogP contribution in [0.15, 0.2) is 16.5 Å². The summed E-state index contributed by atoms with van der Waals surface area (Å²) < 4.78 is 11.0. The van der Waals surface area contributed by atoms with Crippen molar-refractivity contribution in [2.75, 3.05) is 19.8 Å². The van der Waals surface area contributed by atoms with Crippen molar-refractivity contribution in [3.05, 3.63) is 23.7 Å². The maximum Gasteiger partial charge on any atom is 0.217 e. The number of hydrogen-bond donors (Lipinski definition) is 2. The van der Waals surface area contributed by atoms with E-state index >= 15 is 0 Å². The lowest BCUT2D eigenvalue weighted by Gasteiger charge is -2.21. The number of carbonyl (C=O) groups excluding carboxylic acids is 1. The topological polar surface area (TPSA) is 63.5 Å². The summed E-state index contributed by atoms with van der Waals surface area (Å²) in [7, 11) is 0. The van der Waals surface area contributed by atoms with Crippen LogP contribution < -0.4 is 10.6 Å². The van der Waals surface area contributed by atoms with E-state index in [1.807, 2.05) is 12.1 Å². The van der Waals surface area contributed by atoms with Crippen molar-refractivity contribution in [1.82, 2.24) is 10.6 Å². The molecular weight excluding hydrogens is 208 g/mol. The lowest BCUT2D eigenvalue weighted by Crippen LogP contribution is -2.34. The standard InChI is InChI=1S/C11H16N2O3/c1-8(14)13-6-9-2-3-11(16-9)10-7-15-5-4-12-10/h2-3,10,12H,4-7H2,1H3,(H,13,14)/t10-/m0/s1. The zero-order valence-electron chi connectivity index (χ0n) is 9.29. The van der Waals surface area contributed by atoms with Crippen LogP contribution in [0.4, 0.5) is 0 Å². The SMILES string of the molecule is CC(=O)NCc1ccc([C@@H]2COCCN2)o1. The molecule has 0 aliphatic carbocycles. The molecule has 2 rings (SSSR count). The molecule has 2 heterocycles. The van der Waals surface area contributed by atoms with E-state index < -0.39 is 0 Å². The Morgan fingerprint density at radius 2 is 2.50 bits per heavy atom. The van der Waals surface area contributed by atoms with Crippen LogP contribution in [0.2, 0.25) is 0 Å². The quantitative estimate of drug-likeness (QED) is 0.788. The van der Waals surface area contributed by atoms with Gasteiger partial charge >= 0.3 is 0 Å². The van der Waals surface area contributed by atoms with Gasteiger partial charge in [0.25, 0.3) is 0 Å². The van der Waals surface area contributed by atoms with Crippen LogP contribution in [0.5, 0.6) is 0 Å². The normalized spacial score (nSPS) is 20.7. The molecule has 0 bridgehead atoms. The van der Waals surface area contributed by atoms with Gasteiger partial charge in [-0.2, -0.15) is 0 Å². The fraction of sp³-hybridized carbons (Fsp3) is 0.545. The Morgan fingerprint density at radius 1 is 1.62 bits per heavy atom. The van der Waals surface area contributed by atoms with Crippen LogP contribution >= 0.6 is 0 Å². The summed E-state index contributed by atoms with van der Waals surface area (Å²) in [5, 5.41) is 6.00. The predicted molar refractivity (Wildman–Crippen MR) is 57.8 cm³/mol. The van der Waals surface area contributed by atoms with Gasteiger partial charge in [-0.05, 0) is 12.1 Å². The Kier molecular flexibility index (Phi) is 3.58. The molecule has 16 heavy (non-hydrogen) atoms. The van der Waals surface area contributed by atoms with Crippen molar-refractivity contribution in [1.29, 1.82) is 0 Å². The van der Waals surface area contributed by atoms with Crippen molar-refractivity contribution in [3.63, 3.8) is 0 Å². The third-order valence-corrected chi connectivity index (χ3v) is 2.46. The summed E-state index contributed by atoms with van der Waals surface area (Å²) in [5.74, 6) is 1.56. The smallest absolute Gasteiger partial charge is 0.217 e. The molecular formula is C11H16N2O3. The van der Waals surface area contributed by atoms with Crippen LogP contribution in [-0.2, 0) is 16.1 Å². The van der Waals surface area contributed by atoms with E-state index in [0.29, 0.717) is 13.2 Å². The van der Waals surface area contributed by atoms with Crippen molar-refractivity contribution < 1.29 is 13.9 Å². The molecule has 1 saturated heterocycles. The van der Waals surface area contributed by atoms with Crippen LogP contribution in [0, 0.1) is 0 Å². The van der Waals surface area contributed by atoms with Crippen molar-refractivity contribution >= 4 is 5.91 Å². The number of morpholine rings is 1. The molecule has 1 fully saturated rings. The van der Waals surface area contributed by atoms with Crippen LogP contribution in [-0.4, -0.2) is 25.7 Å². The molecule has 0 spiro atoms. The summed E-state index contributed by atoms with van der Waals surface area (Å²) >= 11 is 0. The van der Waals surface area contributed by atoms with Crippen molar-refractivity contribution in [3.8, 4) is 0 Å². The molecule has 1 aromatic rings. The number of furan rings is 1. The molecule has 88 valence electrons. The second-order valence-corrected chi connectivity index (χ2v) is 3.80. The average molecular weight is 224 g/mol. The summed E-state index contributed by atoms with van der Waals surface area (Å²) in [6.07, 6.45) is 0. The number of hydrogen-bond acceptors (Lipinski definition) is 4. The molecule has 1 aliphatic heterocycles. The maximum absolute atomic E-state index is 10.7. The zero-order chi connectivity index (χ0) is 11.4. The largest absolute Gasteiger partial charge is 0.462 e. The molecule has 5 nitrogen and oxygen atoms in total. The molecule has 0 saturated carbocycles. The summed E-state index contributed by atoms with van der Waals surface area (Å²) in [4.78, 5) is 10.7. The first-order chi connectivity index (χ1) is 7.75. The van der Waals surface area contributed by atoms with E-state index in [1.54, 1.807) is 0 Å². The fourth-order valence-corrected chi connectivity index (χ4v) is 1.64. The number of amides is 1. The summed E-state index contributed by atoms with van der Waals surface area (Å²) in [6, 6.07) is 3.92. The maximum atomic E-state index is 10.7. The Bertz CT molecular complexity index is 356. The Hall–Kier alpha value is -1.33. The molecule has 5 heteroatoms. The Labute approximate surface area is 94.1 Å². The third-order valence-electron chi connectivity index (χ3n) is 2.46. The minimum atomic E-state index is -0.0583. The van der Waals surface area contributed by atoms with Crippen molar-refractivity contribution in [2.45, 2.75) is 19.5 Å². The van der Waals surface area contributed by atoms with E-state index in [1.165, 1.54) is 6.92 Å². The van der Waals surface area contributed by atoms with E-state index in [0.717, 1.165) is 24.7 Å². The van der Waals surface area contributed by atoms with E-state index in [2.05, 4.69) is 10.6 Å². The summed E-state index contributed by atoms with van der Waals surface area (Å²) in [6.45, 7) is 4.14. The van der Waals surface area contributed by atoms with Crippen LogP contribution in [0.1, 0.15) is 24.5 Å². The average Bonchev–Trinajstić information content (AvgIpc) is 2.76. The number of nitrogens with one attached hydrogen (secondary N) is 2. The first-order valence-electron chi connectivity index (χ1n) is 5.40. The van der Waals surface area contributed by atoms with E-state index in [-0.39, 0.29) is 11.9 Å². The van der Waals surface area contributed by atoms with Gasteiger partial charge in [0, 0.05) is 13.5 Å². The van der Waals surface area contributed by atoms with Gasteiger partial charge in [0.05, 0.1) is 25.8 Å². The highest BCUT2D eigenvalue weighted by Crippen LogP contribution is 2.18. The first kappa shape index (κ1) is 11.2. The molecule has 0 aromatic carbocycles. The summed E-state index contributed by atoms with van der Waals surface area (Å²) in [5.41, 5.74) is 0. The minimum absolute atomic E-state index is 0.0583. The molecule has 2 N–H and O–H groups in total. The highest BCUT2D eigenvalue weighted by molar-refractivity contribution is 5.72. The third kappa shape index (κ3) is 2.84. The van der Waals surface area contributed by atoms with Gasteiger partial charge in [0.15, 0.2) is 0 Å². The van der Waals surface area contributed by atoms with E-state index in [4.69, 9.17) is 9.15 Å². The Morgan fingerprint density at radius 3 is 3.19 bits per heavy atom. The number of ether oxygens (including phenoxy) is 1. The van der Waals surface area contributed by atoms with Gasteiger partial charge in [0.2, 0.25) is 5.91 Å². The highest BCUT2D eigenvalue weighted by Gasteiger charge is 2.18. The molecule has 1 aromatic heterocycles. The second-order valence-electron chi connectivity index (χ2n) is 3.80. The fourth-order valence-electron chi connectivity index (χ4n) is 1.64. The first-order valence-corrected chi connectivity index (χ1v) is 5.40. The minimum Gasteiger partial charge on any atom is -0.462 e. The zero-order valence-corrected chi connectivity index (χ0v) is 9.29. The molecule has 1 amide bonds. The van der Waals surface area contributed by atoms with E-state index in [9.17, 15) is 4.79 Å². The monoisotopic (exact) mass is 224 g/mol. The van der Waals surface area contributed by atoms with Gasteiger partial charge in [-0.3, -0.25) is 4.79 Å². The van der Waals surface area contributed by atoms with Crippen molar-refractivity contribution in [2.24, 2.45) is 0 Å².